The van der Waals surface area contributed by atoms with Gasteiger partial charge in [0.05, 0.1) is 18.5 Å². The van der Waals surface area contributed by atoms with Crippen LogP contribution in [0, 0.1) is 0 Å². The molecule has 0 radical (unpaired) electrons. The molecule has 1 aliphatic rings. The Hall–Kier alpha value is -1.77. The molecule has 3 heterocycles. The zero-order valence-electron chi connectivity index (χ0n) is 12.2. The Bertz CT molecular complexity index is 752. The Morgan fingerprint density at radius 1 is 1.23 bits per heavy atom. The lowest BCUT2D eigenvalue weighted by molar-refractivity contribution is 0.427. The first kappa shape index (κ1) is 15.1. The maximum atomic E-state index is 12.6. The maximum Gasteiger partial charge on any atom is 0.250 e. The second-order valence-electron chi connectivity index (χ2n) is 5.42. The first-order valence-corrected chi connectivity index (χ1v) is 8.97. The number of fused-ring (bicyclic) bond motifs is 1. The van der Waals surface area contributed by atoms with E-state index in [-0.39, 0.29) is 17.5 Å². The van der Waals surface area contributed by atoms with Gasteiger partial charge in [0.25, 0.3) is 0 Å². The van der Waals surface area contributed by atoms with Crippen molar-refractivity contribution in [3.63, 3.8) is 0 Å². The van der Waals surface area contributed by atoms with Gasteiger partial charge in [-0.3, -0.25) is 4.68 Å². The van der Waals surface area contributed by atoms with Crippen LogP contribution in [-0.4, -0.2) is 39.6 Å². The van der Waals surface area contributed by atoms with Crippen LogP contribution in [0.3, 0.4) is 0 Å². The van der Waals surface area contributed by atoms with Gasteiger partial charge in [0, 0.05) is 24.7 Å². The molecule has 0 unspecified atom stereocenters. The Kier molecular flexibility index (Phi) is 4.23. The Labute approximate surface area is 128 Å². The third-order valence-electron chi connectivity index (χ3n) is 3.71. The minimum absolute atomic E-state index is 0.0302. The summed E-state index contributed by atoms with van der Waals surface area (Å²) in [7, 11) is -3.59. The quantitative estimate of drug-likeness (QED) is 0.822. The number of halogens is 1. The van der Waals surface area contributed by atoms with E-state index < -0.39 is 16.5 Å². The van der Waals surface area contributed by atoms with Crippen LogP contribution in [0.4, 0.5) is 4.39 Å². The van der Waals surface area contributed by atoms with E-state index in [0.29, 0.717) is 12.1 Å². The summed E-state index contributed by atoms with van der Waals surface area (Å²) in [5.41, 5.74) is 0.527. The number of aryl methyl sites for hydroxylation is 2. The highest BCUT2D eigenvalue weighted by atomic mass is 32.2. The molecule has 0 aromatic carbocycles. The molecular formula is C13H18FN5O2S. The van der Waals surface area contributed by atoms with E-state index in [4.69, 9.17) is 0 Å². The van der Waals surface area contributed by atoms with E-state index in [1.807, 2.05) is 0 Å². The van der Waals surface area contributed by atoms with E-state index >= 15 is 0 Å². The standard InChI is InChI=1S/C13H18FN5O2S/c14-5-7-18-9-11(8-15-18)10-22(20,21)13-17-16-12-4-2-1-3-6-19(12)13/h8-9H,1-7,10H2. The molecule has 0 bridgehead atoms. The molecule has 0 saturated heterocycles. The second kappa shape index (κ2) is 6.15. The van der Waals surface area contributed by atoms with Crippen molar-refractivity contribution in [1.82, 2.24) is 24.5 Å². The van der Waals surface area contributed by atoms with Crippen molar-refractivity contribution < 1.29 is 12.8 Å². The lowest BCUT2D eigenvalue weighted by Gasteiger charge is -2.06. The van der Waals surface area contributed by atoms with Crippen LogP contribution in [0.5, 0.6) is 0 Å². The topological polar surface area (TPSA) is 82.7 Å². The number of aromatic nitrogens is 5. The van der Waals surface area contributed by atoms with Gasteiger partial charge in [-0.05, 0) is 12.8 Å². The molecule has 9 heteroatoms. The van der Waals surface area contributed by atoms with Crippen LogP contribution < -0.4 is 0 Å². The van der Waals surface area contributed by atoms with Crippen LogP contribution in [-0.2, 0) is 35.1 Å². The summed E-state index contributed by atoms with van der Waals surface area (Å²) in [6.45, 7) is 0.226. The molecule has 0 atom stereocenters. The maximum absolute atomic E-state index is 12.6. The van der Waals surface area contributed by atoms with E-state index in [1.165, 1.54) is 10.9 Å². The summed E-state index contributed by atoms with van der Waals surface area (Å²) in [6, 6.07) is 0. The normalized spacial score (nSPS) is 15.5. The van der Waals surface area contributed by atoms with E-state index in [9.17, 15) is 12.8 Å². The summed E-state index contributed by atoms with van der Waals surface area (Å²) >= 11 is 0. The van der Waals surface area contributed by atoms with Gasteiger partial charge in [-0.2, -0.15) is 5.10 Å². The molecule has 0 aliphatic carbocycles. The van der Waals surface area contributed by atoms with Crippen LogP contribution >= 0.6 is 0 Å². The summed E-state index contributed by atoms with van der Waals surface area (Å²) in [5.74, 6) is 0.543. The van der Waals surface area contributed by atoms with Crippen LogP contribution in [0.2, 0.25) is 0 Å². The van der Waals surface area contributed by atoms with Crippen molar-refractivity contribution in [2.24, 2.45) is 0 Å². The molecule has 3 rings (SSSR count). The lowest BCUT2D eigenvalue weighted by atomic mass is 10.2. The molecule has 0 spiro atoms. The molecule has 0 saturated carbocycles. The molecule has 0 amide bonds. The van der Waals surface area contributed by atoms with Gasteiger partial charge in [-0.15, -0.1) is 10.2 Å². The van der Waals surface area contributed by atoms with Crippen molar-refractivity contribution in [2.75, 3.05) is 6.67 Å². The predicted octanol–water partition coefficient (Wildman–Crippen LogP) is 1.14. The molecule has 7 nitrogen and oxygen atoms in total. The third kappa shape index (κ3) is 3.03. The number of alkyl halides is 1. The van der Waals surface area contributed by atoms with Crippen molar-refractivity contribution in [1.29, 1.82) is 0 Å². The predicted molar refractivity (Wildman–Crippen MR) is 76.7 cm³/mol. The van der Waals surface area contributed by atoms with Crippen LogP contribution in [0.1, 0.15) is 30.7 Å². The molecular weight excluding hydrogens is 309 g/mol. The fourth-order valence-electron chi connectivity index (χ4n) is 2.66. The second-order valence-corrected chi connectivity index (χ2v) is 7.30. The summed E-state index contributed by atoms with van der Waals surface area (Å²) in [4.78, 5) is 0. The molecule has 2 aromatic rings. The Balaban J connectivity index is 1.85. The molecule has 22 heavy (non-hydrogen) atoms. The van der Waals surface area contributed by atoms with Gasteiger partial charge in [0.1, 0.15) is 12.5 Å². The third-order valence-corrected chi connectivity index (χ3v) is 5.28. The molecule has 2 aromatic heterocycles. The SMILES string of the molecule is O=S(=O)(Cc1cnn(CCF)c1)c1nnc2n1CCCCC2. The Morgan fingerprint density at radius 3 is 2.91 bits per heavy atom. The van der Waals surface area contributed by atoms with Gasteiger partial charge < -0.3 is 4.57 Å². The number of nitrogens with zero attached hydrogens (tertiary/aromatic N) is 5. The fourth-order valence-corrected chi connectivity index (χ4v) is 4.08. The van der Waals surface area contributed by atoms with Gasteiger partial charge in [-0.25, -0.2) is 12.8 Å². The molecule has 0 N–H and O–H groups in total. The zero-order valence-corrected chi connectivity index (χ0v) is 13.0. The monoisotopic (exact) mass is 327 g/mol. The average molecular weight is 327 g/mol. The number of rotatable bonds is 5. The minimum atomic E-state index is -3.59. The first-order chi connectivity index (χ1) is 10.6. The highest BCUT2D eigenvalue weighted by Gasteiger charge is 2.26. The largest absolute Gasteiger partial charge is 0.302 e. The molecule has 120 valence electrons. The van der Waals surface area contributed by atoms with Crippen molar-refractivity contribution in [2.45, 2.75) is 49.7 Å². The summed E-state index contributed by atoms with van der Waals surface area (Å²) in [5, 5.41) is 11.9. The van der Waals surface area contributed by atoms with Crippen LogP contribution in [0.25, 0.3) is 0 Å². The average Bonchev–Trinajstić information content (AvgIpc) is 3.00. The van der Waals surface area contributed by atoms with Crippen LogP contribution in [0.15, 0.2) is 17.6 Å². The number of sulfone groups is 1. The molecule has 0 fully saturated rings. The fraction of sp³-hybridized carbons (Fsp3) is 0.615. The smallest absolute Gasteiger partial charge is 0.250 e. The minimum Gasteiger partial charge on any atom is -0.302 e. The van der Waals surface area contributed by atoms with Gasteiger partial charge >= 0.3 is 0 Å². The lowest BCUT2D eigenvalue weighted by Crippen LogP contribution is -2.14. The van der Waals surface area contributed by atoms with Crippen molar-refractivity contribution >= 4 is 9.84 Å². The highest BCUT2D eigenvalue weighted by Crippen LogP contribution is 2.20. The van der Waals surface area contributed by atoms with Crippen molar-refractivity contribution in [3.8, 4) is 0 Å². The first-order valence-electron chi connectivity index (χ1n) is 7.32. The van der Waals surface area contributed by atoms with Gasteiger partial charge in [0.2, 0.25) is 15.0 Å². The van der Waals surface area contributed by atoms with E-state index in [0.717, 1.165) is 31.5 Å². The highest BCUT2D eigenvalue weighted by molar-refractivity contribution is 7.90. The van der Waals surface area contributed by atoms with E-state index in [2.05, 4.69) is 15.3 Å². The number of hydrogen-bond acceptors (Lipinski definition) is 5. The van der Waals surface area contributed by atoms with Gasteiger partial charge in [0.15, 0.2) is 0 Å². The Morgan fingerprint density at radius 2 is 2.09 bits per heavy atom. The number of hydrogen-bond donors (Lipinski definition) is 0. The molecule has 1 aliphatic heterocycles. The van der Waals surface area contributed by atoms with Crippen molar-refractivity contribution in [3.05, 3.63) is 23.8 Å². The van der Waals surface area contributed by atoms with Gasteiger partial charge in [-0.1, -0.05) is 6.42 Å². The summed E-state index contributed by atoms with van der Waals surface area (Å²) < 4.78 is 40.5. The zero-order chi connectivity index (χ0) is 15.6. The van der Waals surface area contributed by atoms with E-state index in [1.54, 1.807) is 10.8 Å². The summed E-state index contributed by atoms with van der Waals surface area (Å²) in [6.07, 6.45) is 6.77.